The topological polar surface area (TPSA) is 75.7 Å². The van der Waals surface area contributed by atoms with Gasteiger partial charge in [-0.25, -0.2) is 4.79 Å². The number of amides is 1. The lowest BCUT2D eigenvalue weighted by molar-refractivity contribution is -0.132. The number of carbonyl (C=O) groups is 1. The van der Waals surface area contributed by atoms with Crippen LogP contribution in [0.4, 0.5) is 0 Å². The van der Waals surface area contributed by atoms with Crippen molar-refractivity contribution in [3.63, 3.8) is 0 Å². The highest BCUT2D eigenvalue weighted by Gasteiger charge is 2.31. The number of oxazole rings is 1. The summed E-state index contributed by atoms with van der Waals surface area (Å²) < 4.78 is 6.58. The maximum atomic E-state index is 12.3. The summed E-state index contributed by atoms with van der Waals surface area (Å²) in [5.41, 5.74) is 1.04. The molecule has 6 nitrogen and oxygen atoms in total. The Morgan fingerprint density at radius 2 is 2.23 bits per heavy atom. The predicted molar refractivity (Wildman–Crippen MR) is 81.9 cm³/mol. The van der Waals surface area contributed by atoms with Crippen LogP contribution in [0.15, 0.2) is 27.4 Å². The zero-order valence-corrected chi connectivity index (χ0v) is 12.8. The minimum atomic E-state index is -0.495. The van der Waals surface area contributed by atoms with E-state index in [2.05, 4.69) is 0 Å². The smallest absolute Gasteiger partial charge is 0.408 e. The van der Waals surface area contributed by atoms with Gasteiger partial charge in [-0.1, -0.05) is 11.6 Å². The molecule has 1 aromatic carbocycles. The van der Waals surface area contributed by atoms with Crippen LogP contribution in [0.3, 0.4) is 0 Å². The number of halogens is 1. The highest BCUT2D eigenvalue weighted by atomic mass is 35.5. The summed E-state index contributed by atoms with van der Waals surface area (Å²) in [6.45, 7) is 0.552. The number of benzene rings is 1. The number of hydrogen-bond acceptors (Lipinski definition) is 4. The summed E-state index contributed by atoms with van der Waals surface area (Å²) >= 11 is 5.87. The molecule has 22 heavy (non-hydrogen) atoms. The van der Waals surface area contributed by atoms with Gasteiger partial charge in [-0.05, 0) is 25.0 Å². The Balaban J connectivity index is 1.74. The van der Waals surface area contributed by atoms with Crippen LogP contribution in [0.25, 0.3) is 11.1 Å². The normalized spacial score (nSPS) is 14.5. The number of aliphatic hydroxyl groups is 1. The van der Waals surface area contributed by atoms with Crippen molar-refractivity contribution < 1.29 is 14.3 Å². The number of rotatable bonds is 6. The number of aromatic nitrogens is 1. The van der Waals surface area contributed by atoms with E-state index in [1.54, 1.807) is 23.1 Å². The van der Waals surface area contributed by atoms with Crippen LogP contribution in [-0.4, -0.2) is 39.7 Å². The van der Waals surface area contributed by atoms with E-state index in [0.29, 0.717) is 22.7 Å². The van der Waals surface area contributed by atoms with Crippen LogP contribution >= 0.6 is 11.6 Å². The number of nitrogens with zero attached hydrogens (tertiary/aromatic N) is 2. The molecule has 0 saturated heterocycles. The molecule has 118 valence electrons. The Morgan fingerprint density at radius 1 is 1.45 bits per heavy atom. The quantitative estimate of drug-likeness (QED) is 0.876. The molecule has 0 bridgehead atoms. The van der Waals surface area contributed by atoms with E-state index in [1.807, 2.05) is 0 Å². The predicted octanol–water partition coefficient (Wildman–Crippen LogP) is 1.62. The number of hydrogen-bond donors (Lipinski definition) is 1. The molecule has 1 amide bonds. The average Bonchev–Trinajstić information content (AvgIpc) is 3.26. The van der Waals surface area contributed by atoms with Gasteiger partial charge in [0, 0.05) is 36.6 Å². The molecular formula is C15H17ClN2O4. The zero-order valence-electron chi connectivity index (χ0n) is 12.0. The van der Waals surface area contributed by atoms with Gasteiger partial charge in [-0.2, -0.15) is 0 Å². The molecule has 3 rings (SSSR count). The third kappa shape index (κ3) is 3.03. The van der Waals surface area contributed by atoms with E-state index >= 15 is 0 Å². The fraction of sp³-hybridized carbons (Fsp3) is 0.467. The summed E-state index contributed by atoms with van der Waals surface area (Å²) in [7, 11) is 0. The zero-order chi connectivity index (χ0) is 15.7. The lowest BCUT2D eigenvalue weighted by Crippen LogP contribution is -2.36. The molecular weight excluding hydrogens is 308 g/mol. The van der Waals surface area contributed by atoms with Crippen LogP contribution in [0.2, 0.25) is 5.02 Å². The lowest BCUT2D eigenvalue weighted by atomic mass is 10.3. The molecule has 1 aliphatic carbocycles. The molecule has 1 aromatic heterocycles. The summed E-state index contributed by atoms with van der Waals surface area (Å²) in [4.78, 5) is 25.9. The third-order valence-electron chi connectivity index (χ3n) is 3.83. The average molecular weight is 325 g/mol. The van der Waals surface area contributed by atoms with Gasteiger partial charge in [0.2, 0.25) is 5.91 Å². The second kappa shape index (κ2) is 6.14. The first-order valence-corrected chi connectivity index (χ1v) is 7.67. The van der Waals surface area contributed by atoms with Gasteiger partial charge in [0.05, 0.1) is 12.1 Å². The van der Waals surface area contributed by atoms with Crippen LogP contribution in [-0.2, 0) is 11.3 Å². The molecule has 0 spiro atoms. The van der Waals surface area contributed by atoms with Crippen LogP contribution in [0.1, 0.15) is 19.3 Å². The largest absolute Gasteiger partial charge is 0.419 e. The minimum absolute atomic E-state index is 0.0463. The molecule has 1 N–H and O–H groups in total. The highest BCUT2D eigenvalue weighted by molar-refractivity contribution is 6.31. The van der Waals surface area contributed by atoms with E-state index in [-0.39, 0.29) is 31.5 Å². The Hall–Kier alpha value is -1.79. The van der Waals surface area contributed by atoms with E-state index in [0.717, 1.165) is 12.8 Å². The Kier molecular flexibility index (Phi) is 4.22. The molecule has 0 aliphatic heterocycles. The van der Waals surface area contributed by atoms with Gasteiger partial charge in [-0.3, -0.25) is 9.36 Å². The summed E-state index contributed by atoms with van der Waals surface area (Å²) in [6, 6.07) is 5.22. The minimum Gasteiger partial charge on any atom is -0.408 e. The van der Waals surface area contributed by atoms with Crippen molar-refractivity contribution in [1.29, 1.82) is 0 Å². The van der Waals surface area contributed by atoms with Gasteiger partial charge in [0.25, 0.3) is 0 Å². The SMILES string of the molecule is O=C(CCn1c(=O)oc2cc(Cl)ccc21)N(CCO)C1CC1. The molecule has 0 atom stereocenters. The van der Waals surface area contributed by atoms with Crippen molar-refractivity contribution in [3.05, 3.63) is 33.8 Å². The van der Waals surface area contributed by atoms with Gasteiger partial charge >= 0.3 is 5.76 Å². The Morgan fingerprint density at radius 3 is 2.91 bits per heavy atom. The first kappa shape index (κ1) is 15.1. The van der Waals surface area contributed by atoms with E-state index in [4.69, 9.17) is 21.1 Å². The second-order valence-electron chi connectivity index (χ2n) is 5.42. The molecule has 7 heteroatoms. The Bertz CT molecular complexity index is 748. The molecule has 1 aliphatic rings. The van der Waals surface area contributed by atoms with Crippen LogP contribution < -0.4 is 5.76 Å². The highest BCUT2D eigenvalue weighted by Crippen LogP contribution is 2.27. The van der Waals surface area contributed by atoms with E-state index in [9.17, 15) is 9.59 Å². The van der Waals surface area contributed by atoms with Crippen molar-refractivity contribution >= 4 is 28.6 Å². The van der Waals surface area contributed by atoms with E-state index in [1.165, 1.54) is 4.57 Å². The Labute approximate surface area is 131 Å². The van der Waals surface area contributed by atoms with Gasteiger partial charge < -0.3 is 14.4 Å². The van der Waals surface area contributed by atoms with E-state index < -0.39 is 5.76 Å². The number of aliphatic hydroxyl groups excluding tert-OH is 1. The molecule has 0 radical (unpaired) electrons. The van der Waals surface area contributed by atoms with Crippen molar-refractivity contribution in [2.75, 3.05) is 13.2 Å². The van der Waals surface area contributed by atoms with Crippen molar-refractivity contribution in [1.82, 2.24) is 9.47 Å². The van der Waals surface area contributed by atoms with Gasteiger partial charge in [0.1, 0.15) is 0 Å². The summed E-state index contributed by atoms with van der Waals surface area (Å²) in [6.07, 6.45) is 2.17. The first-order chi connectivity index (χ1) is 10.6. The molecule has 1 heterocycles. The molecule has 2 aromatic rings. The van der Waals surface area contributed by atoms with Crippen molar-refractivity contribution in [2.45, 2.75) is 31.8 Å². The maximum absolute atomic E-state index is 12.3. The molecule has 1 saturated carbocycles. The third-order valence-corrected chi connectivity index (χ3v) is 4.06. The standard InChI is InChI=1S/C15H17ClN2O4/c16-10-1-4-12-13(9-10)22-15(21)18(12)6-5-14(20)17(7-8-19)11-2-3-11/h1,4,9,11,19H,2-3,5-8H2. The second-order valence-corrected chi connectivity index (χ2v) is 5.86. The molecule has 1 fully saturated rings. The van der Waals surface area contributed by atoms with Gasteiger partial charge in [0.15, 0.2) is 5.58 Å². The van der Waals surface area contributed by atoms with Crippen molar-refractivity contribution in [3.8, 4) is 0 Å². The fourth-order valence-electron chi connectivity index (χ4n) is 2.61. The molecule has 0 unspecified atom stereocenters. The monoisotopic (exact) mass is 324 g/mol. The number of aryl methyl sites for hydroxylation is 1. The number of carbonyl (C=O) groups excluding carboxylic acids is 1. The van der Waals surface area contributed by atoms with Crippen LogP contribution in [0.5, 0.6) is 0 Å². The summed E-state index contributed by atoms with van der Waals surface area (Å²) in [5.74, 6) is -0.544. The number of fused-ring (bicyclic) bond motifs is 1. The van der Waals surface area contributed by atoms with Crippen molar-refractivity contribution in [2.24, 2.45) is 0 Å². The lowest BCUT2D eigenvalue weighted by Gasteiger charge is -2.21. The fourth-order valence-corrected chi connectivity index (χ4v) is 2.77. The van der Waals surface area contributed by atoms with Gasteiger partial charge in [-0.15, -0.1) is 0 Å². The first-order valence-electron chi connectivity index (χ1n) is 7.29. The maximum Gasteiger partial charge on any atom is 0.419 e. The van der Waals surface area contributed by atoms with Crippen LogP contribution in [0, 0.1) is 0 Å². The summed E-state index contributed by atoms with van der Waals surface area (Å²) in [5, 5.41) is 9.54.